The molecule has 6 rings (SSSR count). The fourth-order valence-electron chi connectivity index (χ4n) is 6.72. The maximum Gasteiger partial charge on any atom is 0.339 e. The molecule has 0 aliphatic heterocycles. The minimum absolute atomic E-state index is 0.00167. The Balaban J connectivity index is 1.77. The van der Waals surface area contributed by atoms with Gasteiger partial charge in [-0.2, -0.15) is 0 Å². The third-order valence-corrected chi connectivity index (χ3v) is 8.43. The van der Waals surface area contributed by atoms with Crippen molar-refractivity contribution in [3.8, 4) is 34.1 Å². The minimum atomic E-state index is -1.15. The molecule has 202 valence electrons. The highest BCUT2D eigenvalue weighted by atomic mass is 19.1. The summed E-state index contributed by atoms with van der Waals surface area (Å²) in [6.45, 7) is 0. The molecule has 0 saturated heterocycles. The Morgan fingerprint density at radius 1 is 0.949 bits per heavy atom. The van der Waals surface area contributed by atoms with Gasteiger partial charge in [0.2, 0.25) is 0 Å². The lowest BCUT2D eigenvalue weighted by Crippen LogP contribution is -2.24. The van der Waals surface area contributed by atoms with E-state index in [0.29, 0.717) is 59.8 Å². The first-order valence-corrected chi connectivity index (χ1v) is 12.7. The highest BCUT2D eigenvalue weighted by Gasteiger charge is 2.56. The van der Waals surface area contributed by atoms with E-state index in [-0.39, 0.29) is 22.8 Å². The molecule has 2 saturated carbocycles. The van der Waals surface area contributed by atoms with E-state index in [4.69, 9.17) is 9.47 Å². The van der Waals surface area contributed by atoms with Gasteiger partial charge in [-0.3, -0.25) is 0 Å². The van der Waals surface area contributed by atoms with E-state index in [1.165, 1.54) is 38.5 Å². The number of aromatic carboxylic acids is 1. The molecular weight excluding hydrogens is 508 g/mol. The van der Waals surface area contributed by atoms with Crippen LogP contribution in [0.4, 0.5) is 8.78 Å². The summed E-state index contributed by atoms with van der Waals surface area (Å²) in [6.07, 6.45) is 2.94. The molecule has 7 nitrogen and oxygen atoms in total. The van der Waals surface area contributed by atoms with Crippen molar-refractivity contribution in [1.82, 2.24) is 4.57 Å². The van der Waals surface area contributed by atoms with Crippen LogP contribution in [0, 0.1) is 11.6 Å². The third kappa shape index (κ3) is 3.75. The monoisotopic (exact) mass is 535 g/mol. The van der Waals surface area contributed by atoms with Crippen LogP contribution in [0.15, 0.2) is 48.5 Å². The first-order chi connectivity index (χ1) is 18.6. The molecule has 0 unspecified atom stereocenters. The summed E-state index contributed by atoms with van der Waals surface area (Å²) in [4.78, 5) is 11.8. The van der Waals surface area contributed by atoms with E-state index in [2.05, 4.69) is 0 Å². The van der Waals surface area contributed by atoms with Gasteiger partial charge in [0, 0.05) is 34.5 Å². The summed E-state index contributed by atoms with van der Waals surface area (Å²) < 4.78 is 41.8. The predicted molar refractivity (Wildman–Crippen MR) is 140 cm³/mol. The Labute approximate surface area is 222 Å². The molecule has 2 aliphatic carbocycles. The van der Waals surface area contributed by atoms with Crippen molar-refractivity contribution in [3.05, 3.63) is 71.4 Å². The topological polar surface area (TPSA) is 101 Å². The van der Waals surface area contributed by atoms with Gasteiger partial charge >= 0.3 is 5.97 Å². The van der Waals surface area contributed by atoms with Gasteiger partial charge in [-0.25, -0.2) is 13.6 Å². The summed E-state index contributed by atoms with van der Waals surface area (Å²) in [6, 6.07) is 11.4. The van der Waals surface area contributed by atoms with Crippen LogP contribution in [-0.2, 0) is 5.41 Å². The predicted octanol–water partition coefficient (Wildman–Crippen LogP) is 5.94. The fraction of sp³-hybridized carbons (Fsp3) is 0.300. The number of benzene rings is 3. The number of methoxy groups -OCH3 is 2. The Morgan fingerprint density at radius 3 is 2.28 bits per heavy atom. The number of hydrogen-bond donors (Lipinski definition) is 3. The first kappa shape index (κ1) is 25.2. The summed E-state index contributed by atoms with van der Waals surface area (Å²) in [5, 5.41) is 32.3. The van der Waals surface area contributed by atoms with E-state index < -0.39 is 28.6 Å². The zero-order chi connectivity index (χ0) is 27.7. The quantitative estimate of drug-likeness (QED) is 0.282. The lowest BCUT2D eigenvalue weighted by Gasteiger charge is -2.30. The molecule has 0 radical (unpaired) electrons. The van der Waals surface area contributed by atoms with Gasteiger partial charge in [-0.15, -0.1) is 0 Å². The standard InChI is InChI=1S/C30H27F2NO6/c1-38-23-11-16(3-5-19(23)28(35)36)25-26-21(12-17(31)13-22(26)34)33(18-4-6-20(32)24(14-18)39-2)27(25)29-7-9-30(37,15-29)10-8-29/h3-6,11-14,34,37H,7-10,15H2,1-2H3,(H,35,36). The van der Waals surface area contributed by atoms with Crippen molar-refractivity contribution < 1.29 is 38.4 Å². The lowest BCUT2D eigenvalue weighted by molar-refractivity contribution is 0.0520. The SMILES string of the molecule is COc1cc(-n2c(C34CCC(O)(CC3)C4)c(-c3ccc(C(=O)O)c(OC)c3)c3c(O)cc(F)cc32)ccc1F. The minimum Gasteiger partial charge on any atom is -0.507 e. The average molecular weight is 536 g/mol. The number of carbonyl (C=O) groups is 1. The largest absolute Gasteiger partial charge is 0.507 e. The molecule has 4 aromatic rings. The molecule has 39 heavy (non-hydrogen) atoms. The van der Waals surface area contributed by atoms with Crippen molar-refractivity contribution in [2.75, 3.05) is 14.2 Å². The Morgan fingerprint density at radius 2 is 1.67 bits per heavy atom. The van der Waals surface area contributed by atoms with Gasteiger partial charge in [0.25, 0.3) is 0 Å². The zero-order valence-electron chi connectivity index (χ0n) is 21.4. The summed E-state index contributed by atoms with van der Waals surface area (Å²) >= 11 is 0. The maximum atomic E-state index is 14.8. The molecule has 2 bridgehead atoms. The first-order valence-electron chi connectivity index (χ1n) is 12.7. The number of rotatable bonds is 6. The summed E-state index contributed by atoms with van der Waals surface area (Å²) in [5.41, 5.74) is 1.31. The number of aromatic nitrogens is 1. The highest BCUT2D eigenvalue weighted by molar-refractivity contribution is 6.04. The maximum absolute atomic E-state index is 14.8. The van der Waals surface area contributed by atoms with Crippen LogP contribution in [0.1, 0.15) is 48.2 Å². The number of aromatic hydroxyl groups is 1. The number of phenols is 1. The number of hydrogen-bond acceptors (Lipinski definition) is 5. The molecule has 3 N–H and O–H groups in total. The van der Waals surface area contributed by atoms with E-state index in [1.807, 2.05) is 4.57 Å². The van der Waals surface area contributed by atoms with E-state index in [0.717, 1.165) is 11.8 Å². The smallest absolute Gasteiger partial charge is 0.339 e. The molecule has 2 fully saturated rings. The van der Waals surface area contributed by atoms with Crippen LogP contribution in [0.2, 0.25) is 0 Å². The van der Waals surface area contributed by atoms with Gasteiger partial charge in [-0.1, -0.05) is 6.07 Å². The highest BCUT2D eigenvalue weighted by Crippen LogP contribution is 2.61. The second-order valence-corrected chi connectivity index (χ2v) is 10.6. The molecular formula is C30H27F2NO6. The Hall–Kier alpha value is -4.11. The molecule has 1 aromatic heterocycles. The summed E-state index contributed by atoms with van der Waals surface area (Å²) in [7, 11) is 2.73. The molecule has 0 atom stereocenters. The van der Waals surface area contributed by atoms with Gasteiger partial charge < -0.3 is 29.4 Å². The number of nitrogens with zero attached hydrogens (tertiary/aromatic N) is 1. The van der Waals surface area contributed by atoms with Gasteiger partial charge in [0.15, 0.2) is 11.6 Å². The number of ether oxygens (including phenoxy) is 2. The van der Waals surface area contributed by atoms with Crippen LogP contribution < -0.4 is 9.47 Å². The average Bonchev–Trinajstić information content (AvgIpc) is 3.55. The van der Waals surface area contributed by atoms with Crippen molar-refractivity contribution in [2.24, 2.45) is 0 Å². The molecule has 3 aromatic carbocycles. The van der Waals surface area contributed by atoms with Gasteiger partial charge in [0.1, 0.15) is 22.9 Å². The number of aliphatic hydroxyl groups is 1. The Kier molecular flexibility index (Phi) is 5.62. The number of carboxylic acid groups (broad SMARTS) is 1. The number of halogens is 2. The molecule has 9 heteroatoms. The van der Waals surface area contributed by atoms with Gasteiger partial charge in [-0.05, 0) is 68.0 Å². The number of fused-ring (bicyclic) bond motifs is 3. The second-order valence-electron chi connectivity index (χ2n) is 10.6. The summed E-state index contributed by atoms with van der Waals surface area (Å²) in [5.74, 6) is -2.53. The van der Waals surface area contributed by atoms with Crippen molar-refractivity contribution in [2.45, 2.75) is 43.1 Å². The Bertz CT molecular complexity index is 1650. The third-order valence-electron chi connectivity index (χ3n) is 8.43. The van der Waals surface area contributed by atoms with Crippen LogP contribution in [0.25, 0.3) is 27.7 Å². The van der Waals surface area contributed by atoms with E-state index in [1.54, 1.807) is 18.2 Å². The van der Waals surface area contributed by atoms with Crippen LogP contribution in [0.5, 0.6) is 17.2 Å². The lowest BCUT2D eigenvalue weighted by atomic mass is 9.77. The van der Waals surface area contributed by atoms with Crippen LogP contribution in [0.3, 0.4) is 0 Å². The number of carboxylic acids is 1. The fourth-order valence-corrected chi connectivity index (χ4v) is 6.72. The van der Waals surface area contributed by atoms with Crippen LogP contribution in [-0.4, -0.2) is 45.7 Å². The van der Waals surface area contributed by atoms with Crippen LogP contribution >= 0.6 is 0 Å². The molecule has 2 aliphatic rings. The van der Waals surface area contributed by atoms with E-state index in [9.17, 15) is 28.9 Å². The normalized spacial score (nSPS) is 22.0. The number of phenolic OH excluding ortho intramolecular Hbond substituents is 1. The van der Waals surface area contributed by atoms with Gasteiger partial charge in [0.05, 0.1) is 30.7 Å². The molecule has 0 amide bonds. The van der Waals surface area contributed by atoms with Crippen molar-refractivity contribution >= 4 is 16.9 Å². The van der Waals surface area contributed by atoms with Crippen molar-refractivity contribution in [1.29, 1.82) is 0 Å². The second kappa shape index (κ2) is 8.71. The molecule has 0 spiro atoms. The van der Waals surface area contributed by atoms with Crippen molar-refractivity contribution in [3.63, 3.8) is 0 Å². The molecule has 1 heterocycles. The van der Waals surface area contributed by atoms with E-state index >= 15 is 0 Å². The zero-order valence-corrected chi connectivity index (χ0v) is 21.4.